The molecule has 0 saturated heterocycles. The molecule has 2 aromatic carbocycles. The number of rotatable bonds is 0. The molecule has 2 bridgehead atoms. The largest absolute Gasteiger partial charge is 0.487 e. The van der Waals surface area contributed by atoms with Crippen LogP contribution in [0.5, 0.6) is 5.75 Å². The van der Waals surface area contributed by atoms with Crippen LogP contribution in [0.15, 0.2) is 48.6 Å². The van der Waals surface area contributed by atoms with Crippen molar-refractivity contribution in [3.8, 4) is 5.75 Å². The van der Waals surface area contributed by atoms with Crippen molar-refractivity contribution in [3.05, 3.63) is 70.3 Å². The van der Waals surface area contributed by atoms with Crippen molar-refractivity contribution >= 4 is 33.2 Å². The Bertz CT molecular complexity index is 1330. The van der Waals surface area contributed by atoms with Crippen molar-refractivity contribution in [1.29, 1.82) is 0 Å². The molecule has 4 atom stereocenters. The Balaban J connectivity index is 1.54. The Morgan fingerprint density at radius 3 is 2.74 bits per heavy atom. The van der Waals surface area contributed by atoms with Crippen LogP contribution < -0.4 is 14.4 Å². The lowest BCUT2D eigenvalue weighted by Crippen LogP contribution is -2.43. The minimum atomic E-state index is -3.93. The van der Waals surface area contributed by atoms with E-state index in [-0.39, 0.29) is 11.5 Å². The number of benzene rings is 2. The number of aryl methyl sites for hydroxylation is 1. The number of aliphatic hydroxyl groups excluding tert-OH is 1. The van der Waals surface area contributed by atoms with Gasteiger partial charge in [-0.05, 0) is 98.7 Å². The van der Waals surface area contributed by atoms with E-state index in [0.29, 0.717) is 29.7 Å². The number of hydrogen-bond donors (Lipinski definition) is 2. The summed E-state index contributed by atoms with van der Waals surface area (Å²) in [5, 5.41) is 10.7. The van der Waals surface area contributed by atoms with E-state index >= 15 is 0 Å². The molecule has 1 amide bonds. The molecular formula is C29H35ClN2O5S. The highest BCUT2D eigenvalue weighted by molar-refractivity contribution is 7.90. The lowest BCUT2D eigenvalue weighted by atomic mass is 9.69. The molecule has 0 aromatic heterocycles. The minimum absolute atomic E-state index is 0.147. The number of hydrogen-bond acceptors (Lipinski definition) is 6. The van der Waals surface area contributed by atoms with Gasteiger partial charge in [0.2, 0.25) is 10.0 Å². The van der Waals surface area contributed by atoms with Crippen molar-refractivity contribution < 1.29 is 23.1 Å². The summed E-state index contributed by atoms with van der Waals surface area (Å²) in [5.74, 6) is 0.423. The average molecular weight is 559 g/mol. The fourth-order valence-corrected chi connectivity index (χ4v) is 6.73. The van der Waals surface area contributed by atoms with E-state index < -0.39 is 27.3 Å². The van der Waals surface area contributed by atoms with Gasteiger partial charge in [0.25, 0.3) is 5.91 Å². The van der Waals surface area contributed by atoms with E-state index in [1.54, 1.807) is 30.4 Å². The van der Waals surface area contributed by atoms with Crippen LogP contribution in [0.4, 0.5) is 5.69 Å². The Kier molecular flexibility index (Phi) is 8.03. The number of carbonyl (C=O) groups excluding carboxylic acids is 1. The smallest absolute Gasteiger partial charge is 0.264 e. The number of nitrogens with zero attached hydrogens (tertiary/aromatic N) is 1. The molecule has 0 unspecified atom stereocenters. The fourth-order valence-electron chi connectivity index (χ4n) is 5.66. The highest BCUT2D eigenvalue weighted by Crippen LogP contribution is 2.41. The Morgan fingerprint density at radius 2 is 1.95 bits per heavy atom. The third-order valence-corrected chi connectivity index (χ3v) is 10.0. The second kappa shape index (κ2) is 11.3. The molecule has 38 heavy (non-hydrogen) atoms. The van der Waals surface area contributed by atoms with Crippen molar-refractivity contribution in [1.82, 2.24) is 4.72 Å². The molecule has 2 aliphatic heterocycles. The zero-order valence-electron chi connectivity index (χ0n) is 21.6. The maximum Gasteiger partial charge on any atom is 0.264 e. The number of sulfonamides is 1. The standard InChI is InChI=1S/C29H35ClN2O5S/c1-19-5-4-7-27(33)25-12-9-22(25)17-32-14-3-2-6-20-15-24(30)11-8-23(20)18-37-28-13-10-21(16-26(28)32)29(34)31-38(19,35)36/h4-5,8,10-11,13,15-16,19,22,25,27,33H,2-3,6-7,9,12,14,17-18H2,1H3,(H,31,34)/b5-4+/t19-,22-,25+,27-/m0/s1. The van der Waals surface area contributed by atoms with Gasteiger partial charge in [-0.2, -0.15) is 0 Å². The minimum Gasteiger partial charge on any atom is -0.487 e. The maximum absolute atomic E-state index is 13.1. The number of fused-ring (bicyclic) bond motifs is 3. The van der Waals surface area contributed by atoms with E-state index in [2.05, 4.69) is 9.62 Å². The summed E-state index contributed by atoms with van der Waals surface area (Å²) >= 11 is 6.27. The number of aliphatic hydroxyl groups is 1. The predicted molar refractivity (Wildman–Crippen MR) is 149 cm³/mol. The summed E-state index contributed by atoms with van der Waals surface area (Å²) in [4.78, 5) is 15.3. The van der Waals surface area contributed by atoms with Crippen LogP contribution in [-0.4, -0.2) is 43.9 Å². The lowest BCUT2D eigenvalue weighted by molar-refractivity contribution is 0.0180. The van der Waals surface area contributed by atoms with Gasteiger partial charge in [0.15, 0.2) is 0 Å². The third-order valence-electron chi connectivity index (χ3n) is 8.17. The molecule has 204 valence electrons. The molecule has 3 aliphatic rings. The molecule has 9 heteroatoms. The number of ether oxygens (including phenoxy) is 1. The average Bonchev–Trinajstić information content (AvgIpc) is 2.88. The number of anilines is 1. The number of halogens is 1. The predicted octanol–water partition coefficient (Wildman–Crippen LogP) is 4.86. The Morgan fingerprint density at radius 1 is 1.11 bits per heavy atom. The Labute approximate surface area is 229 Å². The first-order valence-electron chi connectivity index (χ1n) is 13.4. The number of amides is 1. The monoisotopic (exact) mass is 558 g/mol. The van der Waals surface area contributed by atoms with Crippen molar-refractivity contribution in [2.24, 2.45) is 11.8 Å². The molecule has 1 fully saturated rings. The van der Waals surface area contributed by atoms with E-state index in [1.807, 2.05) is 18.2 Å². The van der Waals surface area contributed by atoms with Gasteiger partial charge in [-0.25, -0.2) is 13.1 Å². The summed E-state index contributed by atoms with van der Waals surface area (Å²) in [6.45, 7) is 3.38. The van der Waals surface area contributed by atoms with Crippen molar-refractivity contribution in [2.75, 3.05) is 18.0 Å². The fraction of sp³-hybridized carbons (Fsp3) is 0.483. The van der Waals surface area contributed by atoms with Gasteiger partial charge < -0.3 is 14.7 Å². The van der Waals surface area contributed by atoms with Crippen LogP contribution in [0.1, 0.15) is 60.5 Å². The first-order chi connectivity index (χ1) is 18.2. The molecule has 2 heterocycles. The van der Waals surface area contributed by atoms with Gasteiger partial charge >= 0.3 is 0 Å². The normalized spacial score (nSPS) is 28.5. The molecule has 2 N–H and O–H groups in total. The highest BCUT2D eigenvalue weighted by atomic mass is 35.5. The third kappa shape index (κ3) is 5.87. The lowest BCUT2D eigenvalue weighted by Gasteiger charge is -2.43. The first kappa shape index (κ1) is 27.0. The van der Waals surface area contributed by atoms with Crippen LogP contribution in [0.3, 0.4) is 0 Å². The Hall–Kier alpha value is -2.55. The zero-order chi connectivity index (χ0) is 26.9. The molecule has 7 nitrogen and oxygen atoms in total. The van der Waals surface area contributed by atoms with E-state index in [1.165, 1.54) is 12.5 Å². The maximum atomic E-state index is 13.1. The quantitative estimate of drug-likeness (QED) is 0.448. The zero-order valence-corrected chi connectivity index (χ0v) is 23.2. The van der Waals surface area contributed by atoms with Gasteiger partial charge in [0, 0.05) is 23.7 Å². The second-order valence-electron chi connectivity index (χ2n) is 10.7. The van der Waals surface area contributed by atoms with E-state index in [0.717, 1.165) is 56.4 Å². The molecule has 0 spiro atoms. The summed E-state index contributed by atoms with van der Waals surface area (Å²) in [6.07, 6.45) is 7.87. The summed E-state index contributed by atoms with van der Waals surface area (Å²) in [5.41, 5.74) is 3.28. The topological polar surface area (TPSA) is 95.9 Å². The van der Waals surface area contributed by atoms with Crippen LogP contribution >= 0.6 is 11.6 Å². The van der Waals surface area contributed by atoms with Crippen molar-refractivity contribution in [3.63, 3.8) is 0 Å². The van der Waals surface area contributed by atoms with Gasteiger partial charge in [-0.15, -0.1) is 0 Å². The SMILES string of the molecule is C[C@H]1/C=C/C[C@H](O)[C@@H]2CC[C@H]2CN2CCCCc3cc(Cl)ccc3COc3ccc(cc32)C(=O)NS1(=O)=O. The van der Waals surface area contributed by atoms with Gasteiger partial charge in [0.05, 0.1) is 17.0 Å². The summed E-state index contributed by atoms with van der Waals surface area (Å²) in [7, 11) is -3.93. The van der Waals surface area contributed by atoms with Crippen LogP contribution in [0, 0.1) is 11.8 Å². The van der Waals surface area contributed by atoms with Crippen LogP contribution in [-0.2, 0) is 23.1 Å². The van der Waals surface area contributed by atoms with Crippen LogP contribution in [0.25, 0.3) is 0 Å². The number of nitrogens with one attached hydrogen (secondary N) is 1. The van der Waals surface area contributed by atoms with E-state index in [9.17, 15) is 18.3 Å². The van der Waals surface area contributed by atoms with Gasteiger partial charge in [-0.3, -0.25) is 4.79 Å². The first-order valence-corrected chi connectivity index (χ1v) is 15.3. The van der Waals surface area contributed by atoms with Gasteiger partial charge in [0.1, 0.15) is 12.4 Å². The molecule has 0 radical (unpaired) electrons. The summed E-state index contributed by atoms with van der Waals surface area (Å²) in [6, 6.07) is 11.0. The van der Waals surface area contributed by atoms with E-state index in [4.69, 9.17) is 16.3 Å². The molecule has 1 aliphatic carbocycles. The molecule has 1 saturated carbocycles. The molecule has 2 aromatic rings. The molecular weight excluding hydrogens is 524 g/mol. The summed E-state index contributed by atoms with van der Waals surface area (Å²) < 4.78 is 34.2. The van der Waals surface area contributed by atoms with Crippen molar-refractivity contribution in [2.45, 2.75) is 63.4 Å². The van der Waals surface area contributed by atoms with Crippen LogP contribution in [0.2, 0.25) is 5.02 Å². The molecule has 5 rings (SSSR count). The second-order valence-corrected chi connectivity index (χ2v) is 13.2. The number of carbonyl (C=O) groups is 1. The van der Waals surface area contributed by atoms with Gasteiger partial charge in [-0.1, -0.05) is 29.8 Å². The highest BCUT2D eigenvalue weighted by Gasteiger charge is 2.37.